The number of ether oxygens (including phenoxy) is 2. The topological polar surface area (TPSA) is 73.6 Å². The lowest BCUT2D eigenvalue weighted by molar-refractivity contribution is -0.118. The van der Waals surface area contributed by atoms with E-state index < -0.39 is 0 Å². The molecule has 4 aromatic rings. The lowest BCUT2D eigenvalue weighted by Gasteiger charge is -2.13. The molecule has 0 aliphatic carbocycles. The summed E-state index contributed by atoms with van der Waals surface area (Å²) < 4.78 is 16.9. The first-order valence-corrected chi connectivity index (χ1v) is 10.8. The summed E-state index contributed by atoms with van der Waals surface area (Å²) in [6, 6.07) is 23.1. The maximum absolute atomic E-state index is 12.2. The highest BCUT2D eigenvalue weighted by molar-refractivity contribution is 7.99. The molecule has 0 aliphatic heterocycles. The van der Waals surface area contributed by atoms with Crippen LogP contribution in [0, 0.1) is 0 Å². The molecule has 0 atom stereocenters. The van der Waals surface area contributed by atoms with Gasteiger partial charge in [0.1, 0.15) is 12.1 Å². The Morgan fingerprint density at radius 3 is 2.61 bits per heavy atom. The zero-order valence-electron chi connectivity index (χ0n) is 17.0. The van der Waals surface area contributed by atoms with Crippen molar-refractivity contribution in [2.45, 2.75) is 18.4 Å². The molecule has 1 N–H and O–H groups in total. The Bertz CT molecular complexity index is 1130. The second-order valence-electron chi connectivity index (χ2n) is 6.77. The maximum Gasteiger partial charge on any atom is 0.257 e. The summed E-state index contributed by atoms with van der Waals surface area (Å²) in [6.45, 7) is 0.850. The summed E-state index contributed by atoms with van der Waals surface area (Å²) in [5.41, 5.74) is 3.50. The second-order valence-corrected chi connectivity index (χ2v) is 7.70. The van der Waals surface area contributed by atoms with Gasteiger partial charge in [0.05, 0.1) is 12.9 Å². The van der Waals surface area contributed by atoms with E-state index in [2.05, 4.69) is 10.3 Å². The molecule has 3 aromatic carbocycles. The van der Waals surface area contributed by atoms with Crippen LogP contribution >= 0.6 is 11.8 Å². The number of rotatable bonds is 9. The van der Waals surface area contributed by atoms with Gasteiger partial charge in [-0.1, -0.05) is 60.3 Å². The van der Waals surface area contributed by atoms with Crippen molar-refractivity contribution in [3.63, 3.8) is 0 Å². The Morgan fingerprint density at radius 1 is 1.00 bits per heavy atom. The number of nitrogens with one attached hydrogen (secondary N) is 1. The molecular formula is C24H22N2O4S. The number of fused-ring (bicyclic) bond motifs is 1. The minimum atomic E-state index is -0.101. The molecule has 7 heteroatoms. The van der Waals surface area contributed by atoms with Gasteiger partial charge in [0.2, 0.25) is 5.91 Å². The third kappa shape index (κ3) is 5.58. The van der Waals surface area contributed by atoms with Crippen molar-refractivity contribution in [2.24, 2.45) is 0 Å². The summed E-state index contributed by atoms with van der Waals surface area (Å²) in [7, 11) is 1.60. The van der Waals surface area contributed by atoms with E-state index in [1.807, 2.05) is 72.8 Å². The molecule has 0 unspecified atom stereocenters. The van der Waals surface area contributed by atoms with E-state index in [9.17, 15) is 4.79 Å². The van der Waals surface area contributed by atoms with Crippen molar-refractivity contribution in [3.05, 3.63) is 83.9 Å². The van der Waals surface area contributed by atoms with E-state index in [4.69, 9.17) is 13.9 Å². The van der Waals surface area contributed by atoms with E-state index >= 15 is 0 Å². The van der Waals surface area contributed by atoms with E-state index in [1.54, 1.807) is 7.11 Å². The van der Waals surface area contributed by atoms with Crippen LogP contribution in [-0.4, -0.2) is 23.8 Å². The van der Waals surface area contributed by atoms with Crippen LogP contribution in [0.15, 0.2) is 82.4 Å². The molecule has 31 heavy (non-hydrogen) atoms. The minimum absolute atomic E-state index is 0.101. The first-order valence-electron chi connectivity index (χ1n) is 9.80. The molecule has 6 nitrogen and oxygen atoms in total. The van der Waals surface area contributed by atoms with Gasteiger partial charge in [0.25, 0.3) is 5.22 Å². The Labute approximate surface area is 184 Å². The Morgan fingerprint density at radius 2 is 1.81 bits per heavy atom. The van der Waals surface area contributed by atoms with Crippen LogP contribution in [0.25, 0.3) is 11.1 Å². The standard InChI is InChI=1S/C24H22N2O4S/c1-28-22-13-18(11-12-21(22)29-15-17-7-3-2-4-8-17)14-25-23(27)16-31-24-26-19-9-5-6-10-20(19)30-24/h2-13H,14-16H2,1H3,(H,25,27). The van der Waals surface area contributed by atoms with Gasteiger partial charge in [0.15, 0.2) is 17.1 Å². The van der Waals surface area contributed by atoms with E-state index in [-0.39, 0.29) is 11.7 Å². The highest BCUT2D eigenvalue weighted by Crippen LogP contribution is 2.29. The molecule has 1 heterocycles. The van der Waals surface area contributed by atoms with Crippen LogP contribution in [0.3, 0.4) is 0 Å². The molecule has 0 aliphatic rings. The normalized spacial score (nSPS) is 10.7. The molecule has 0 spiro atoms. The zero-order valence-corrected chi connectivity index (χ0v) is 17.9. The second kappa shape index (κ2) is 10.0. The zero-order chi connectivity index (χ0) is 21.5. The number of hydrogen-bond donors (Lipinski definition) is 1. The van der Waals surface area contributed by atoms with E-state index in [1.165, 1.54) is 11.8 Å². The largest absolute Gasteiger partial charge is 0.493 e. The van der Waals surface area contributed by atoms with Gasteiger partial charge in [0, 0.05) is 6.54 Å². The molecule has 158 valence electrons. The monoisotopic (exact) mass is 434 g/mol. The molecule has 0 fully saturated rings. The number of thioether (sulfide) groups is 1. The van der Waals surface area contributed by atoms with Gasteiger partial charge < -0.3 is 19.2 Å². The SMILES string of the molecule is COc1cc(CNC(=O)CSc2nc3ccccc3o2)ccc1OCc1ccccc1. The van der Waals surface area contributed by atoms with Crippen LogP contribution in [0.4, 0.5) is 0 Å². The molecule has 0 bridgehead atoms. The predicted octanol–water partition coefficient (Wildman–Crippen LogP) is 4.82. The maximum atomic E-state index is 12.2. The van der Waals surface area contributed by atoms with Crippen LogP contribution in [0.5, 0.6) is 11.5 Å². The number of carbonyl (C=O) groups is 1. The number of oxazole rings is 1. The number of carbonyl (C=O) groups excluding carboxylic acids is 1. The Balaban J connectivity index is 1.28. The molecular weight excluding hydrogens is 412 g/mol. The third-order valence-electron chi connectivity index (χ3n) is 4.56. The number of hydrogen-bond acceptors (Lipinski definition) is 6. The molecule has 1 amide bonds. The van der Waals surface area contributed by atoms with Gasteiger partial charge in [-0.15, -0.1) is 0 Å². The fourth-order valence-corrected chi connectivity index (χ4v) is 3.64. The highest BCUT2D eigenvalue weighted by Gasteiger charge is 2.10. The number of benzene rings is 3. The molecule has 0 saturated heterocycles. The van der Waals surface area contributed by atoms with Crippen molar-refractivity contribution in [3.8, 4) is 11.5 Å². The van der Waals surface area contributed by atoms with Crippen molar-refractivity contribution in [1.29, 1.82) is 0 Å². The average Bonchev–Trinajstić information content (AvgIpc) is 3.24. The minimum Gasteiger partial charge on any atom is -0.493 e. The number of amides is 1. The summed E-state index contributed by atoms with van der Waals surface area (Å²) >= 11 is 1.27. The number of para-hydroxylation sites is 2. The van der Waals surface area contributed by atoms with Crippen molar-refractivity contribution >= 4 is 28.8 Å². The van der Waals surface area contributed by atoms with Crippen LogP contribution in [0.1, 0.15) is 11.1 Å². The molecule has 0 radical (unpaired) electrons. The highest BCUT2D eigenvalue weighted by atomic mass is 32.2. The number of aromatic nitrogens is 1. The Kier molecular flexibility index (Phi) is 6.74. The first-order chi connectivity index (χ1) is 15.2. The molecule has 4 rings (SSSR count). The fraction of sp³-hybridized carbons (Fsp3) is 0.167. The summed E-state index contributed by atoms with van der Waals surface area (Å²) in [6.07, 6.45) is 0. The summed E-state index contributed by atoms with van der Waals surface area (Å²) in [5, 5.41) is 3.39. The Hall–Kier alpha value is -3.45. The number of nitrogens with zero attached hydrogens (tertiary/aromatic N) is 1. The average molecular weight is 435 g/mol. The number of methoxy groups -OCH3 is 1. The summed E-state index contributed by atoms with van der Waals surface area (Å²) in [5.74, 6) is 1.41. The third-order valence-corrected chi connectivity index (χ3v) is 5.38. The predicted molar refractivity (Wildman–Crippen MR) is 120 cm³/mol. The van der Waals surface area contributed by atoms with Crippen LogP contribution < -0.4 is 14.8 Å². The molecule has 1 aromatic heterocycles. The first kappa shape index (κ1) is 20.8. The quantitative estimate of drug-likeness (QED) is 0.381. The lowest BCUT2D eigenvalue weighted by Crippen LogP contribution is -2.24. The van der Waals surface area contributed by atoms with Gasteiger partial charge >= 0.3 is 0 Å². The van der Waals surface area contributed by atoms with Gasteiger partial charge in [-0.3, -0.25) is 4.79 Å². The van der Waals surface area contributed by atoms with Gasteiger partial charge in [-0.05, 0) is 35.4 Å². The lowest BCUT2D eigenvalue weighted by atomic mass is 10.2. The van der Waals surface area contributed by atoms with Crippen molar-refractivity contribution < 1.29 is 18.7 Å². The van der Waals surface area contributed by atoms with Crippen molar-refractivity contribution in [2.75, 3.05) is 12.9 Å². The smallest absolute Gasteiger partial charge is 0.257 e. The summed E-state index contributed by atoms with van der Waals surface area (Å²) in [4.78, 5) is 16.6. The van der Waals surface area contributed by atoms with Crippen molar-refractivity contribution in [1.82, 2.24) is 10.3 Å². The van der Waals surface area contributed by atoms with E-state index in [0.29, 0.717) is 35.5 Å². The van der Waals surface area contributed by atoms with Gasteiger partial charge in [-0.25, -0.2) is 4.98 Å². The molecule has 0 saturated carbocycles. The fourth-order valence-electron chi connectivity index (χ4n) is 2.97. The van der Waals surface area contributed by atoms with Crippen LogP contribution in [0.2, 0.25) is 0 Å². The van der Waals surface area contributed by atoms with Gasteiger partial charge in [-0.2, -0.15) is 0 Å². The van der Waals surface area contributed by atoms with Crippen LogP contribution in [-0.2, 0) is 17.9 Å². The van der Waals surface area contributed by atoms with E-state index in [0.717, 1.165) is 16.6 Å².